The molecule has 2 aromatic carbocycles. The fourth-order valence-corrected chi connectivity index (χ4v) is 4.31. The molecule has 1 saturated heterocycles. The molecule has 1 aliphatic heterocycles. The lowest BCUT2D eigenvalue weighted by Gasteiger charge is -2.15. The second kappa shape index (κ2) is 8.16. The summed E-state index contributed by atoms with van der Waals surface area (Å²) in [5.41, 5.74) is 4.57. The number of rotatable bonds is 5. The molecule has 4 aromatic rings. The molecule has 0 atom stereocenters. The van der Waals surface area contributed by atoms with Crippen molar-refractivity contribution in [1.29, 1.82) is 0 Å². The maximum atomic E-state index is 6.10. The Morgan fingerprint density at radius 2 is 1.68 bits per heavy atom. The molecule has 0 spiro atoms. The zero-order valence-electron chi connectivity index (χ0n) is 15.7. The van der Waals surface area contributed by atoms with Gasteiger partial charge in [-0.1, -0.05) is 35.9 Å². The minimum absolute atomic E-state index is 0. The number of hydrogen-bond donors (Lipinski definition) is 0. The maximum Gasteiger partial charge on any atom is 0.215 e. The summed E-state index contributed by atoms with van der Waals surface area (Å²) in [6, 6.07) is 16.4. The lowest BCUT2D eigenvalue weighted by Crippen LogP contribution is -2.21. The minimum atomic E-state index is 0. The summed E-state index contributed by atoms with van der Waals surface area (Å²) in [5, 5.41) is 0.765. The van der Waals surface area contributed by atoms with Crippen molar-refractivity contribution in [3.8, 4) is 11.3 Å². The first-order chi connectivity index (χ1) is 13.3. The Labute approximate surface area is 176 Å². The molecule has 0 N–H and O–H groups in total. The van der Waals surface area contributed by atoms with E-state index in [9.17, 15) is 0 Å². The fraction of sp³-hybridized carbons (Fsp3) is 0.318. The molecule has 2 aromatic heterocycles. The van der Waals surface area contributed by atoms with Gasteiger partial charge >= 0.3 is 0 Å². The monoisotopic (exact) mass is 414 g/mol. The predicted octanol–water partition coefficient (Wildman–Crippen LogP) is 5.52. The van der Waals surface area contributed by atoms with E-state index in [-0.39, 0.29) is 12.4 Å². The van der Waals surface area contributed by atoms with Crippen molar-refractivity contribution in [3.05, 3.63) is 59.8 Å². The number of aryl methyl sites for hydroxylation is 1. The van der Waals surface area contributed by atoms with E-state index < -0.39 is 0 Å². The minimum Gasteiger partial charge on any atom is -0.310 e. The van der Waals surface area contributed by atoms with E-state index in [0.717, 1.165) is 41.3 Å². The molecular formula is C22H24Cl2N4. The average Bonchev–Trinajstić information content (AvgIpc) is 3.39. The quantitative estimate of drug-likeness (QED) is 0.429. The zero-order valence-corrected chi connectivity index (χ0v) is 17.3. The van der Waals surface area contributed by atoms with Crippen LogP contribution >= 0.6 is 24.0 Å². The van der Waals surface area contributed by atoms with Crippen LogP contribution < -0.4 is 0 Å². The standard InChI is InChI=1S/C22H23ClN4.ClH/c23-18-10-8-17(9-11-18)21-16-27-20-7-2-1-6-19(20)24-22(27)26(21)15-5-14-25-12-3-4-13-25;/h1-2,6-11,16H,3-5,12-15H2;1H. The van der Waals surface area contributed by atoms with Crippen molar-refractivity contribution in [2.75, 3.05) is 19.6 Å². The number of hydrogen-bond acceptors (Lipinski definition) is 2. The summed E-state index contributed by atoms with van der Waals surface area (Å²) < 4.78 is 4.58. The second-order valence-electron chi connectivity index (χ2n) is 7.35. The van der Waals surface area contributed by atoms with E-state index in [1.165, 1.54) is 37.2 Å². The lowest BCUT2D eigenvalue weighted by molar-refractivity contribution is 0.326. The van der Waals surface area contributed by atoms with E-state index in [2.05, 4.69) is 50.4 Å². The molecule has 1 fully saturated rings. The van der Waals surface area contributed by atoms with Gasteiger partial charge in [-0.25, -0.2) is 4.98 Å². The Balaban J connectivity index is 0.00000192. The third-order valence-electron chi connectivity index (χ3n) is 5.56. The Bertz CT molecular complexity index is 1080. The predicted molar refractivity (Wildman–Crippen MR) is 119 cm³/mol. The number of likely N-dealkylation sites (tertiary alicyclic amines) is 1. The van der Waals surface area contributed by atoms with Crippen LogP contribution in [0.5, 0.6) is 0 Å². The number of para-hydroxylation sites is 2. The van der Waals surface area contributed by atoms with Crippen LogP contribution in [0.2, 0.25) is 5.02 Å². The molecule has 4 nitrogen and oxygen atoms in total. The molecule has 3 heterocycles. The van der Waals surface area contributed by atoms with Gasteiger partial charge in [0.1, 0.15) is 0 Å². The molecule has 5 rings (SSSR count). The van der Waals surface area contributed by atoms with E-state index in [1.807, 2.05) is 18.2 Å². The molecule has 1 aliphatic rings. The molecule has 0 amide bonds. The molecule has 0 unspecified atom stereocenters. The normalized spacial score (nSPS) is 14.8. The fourth-order valence-electron chi connectivity index (χ4n) is 4.18. The number of aromatic nitrogens is 3. The van der Waals surface area contributed by atoms with Gasteiger partial charge < -0.3 is 9.47 Å². The van der Waals surface area contributed by atoms with Crippen molar-refractivity contribution in [2.24, 2.45) is 0 Å². The van der Waals surface area contributed by atoms with Gasteiger partial charge in [-0.15, -0.1) is 12.4 Å². The van der Waals surface area contributed by atoms with Gasteiger partial charge in [0, 0.05) is 17.8 Å². The molecule has 0 bridgehead atoms. The van der Waals surface area contributed by atoms with Crippen LogP contribution in [0.15, 0.2) is 54.7 Å². The maximum absolute atomic E-state index is 6.10. The molecular weight excluding hydrogens is 391 g/mol. The summed E-state index contributed by atoms with van der Waals surface area (Å²) in [4.78, 5) is 7.49. The third kappa shape index (κ3) is 3.52. The van der Waals surface area contributed by atoms with Crippen LogP contribution in [0.3, 0.4) is 0 Å². The van der Waals surface area contributed by atoms with Gasteiger partial charge in [0.25, 0.3) is 0 Å². The summed E-state index contributed by atoms with van der Waals surface area (Å²) >= 11 is 6.10. The highest BCUT2D eigenvalue weighted by atomic mass is 35.5. The number of imidazole rings is 2. The lowest BCUT2D eigenvalue weighted by atomic mass is 10.1. The SMILES string of the molecule is Cl.Clc1ccc(-c2cn3c4ccccc4nc3n2CCCN2CCCC2)cc1. The highest BCUT2D eigenvalue weighted by Gasteiger charge is 2.16. The molecule has 0 saturated carbocycles. The summed E-state index contributed by atoms with van der Waals surface area (Å²) in [7, 11) is 0. The first kappa shape index (κ1) is 19.3. The molecule has 28 heavy (non-hydrogen) atoms. The van der Waals surface area contributed by atoms with Crippen LogP contribution in [-0.2, 0) is 6.54 Å². The van der Waals surface area contributed by atoms with Crippen LogP contribution in [0.1, 0.15) is 19.3 Å². The zero-order chi connectivity index (χ0) is 18.2. The van der Waals surface area contributed by atoms with Crippen molar-refractivity contribution in [3.63, 3.8) is 0 Å². The largest absolute Gasteiger partial charge is 0.310 e. The highest BCUT2D eigenvalue weighted by Crippen LogP contribution is 2.28. The van der Waals surface area contributed by atoms with Gasteiger partial charge in [0.2, 0.25) is 5.78 Å². The third-order valence-corrected chi connectivity index (χ3v) is 5.81. The molecule has 146 valence electrons. The number of benzene rings is 2. The Morgan fingerprint density at radius 3 is 2.46 bits per heavy atom. The van der Waals surface area contributed by atoms with Gasteiger partial charge in [-0.05, 0) is 68.7 Å². The smallest absolute Gasteiger partial charge is 0.215 e. The first-order valence-electron chi connectivity index (χ1n) is 9.74. The number of fused-ring (bicyclic) bond motifs is 3. The number of nitrogens with zero attached hydrogens (tertiary/aromatic N) is 4. The van der Waals surface area contributed by atoms with Crippen LogP contribution in [0, 0.1) is 0 Å². The van der Waals surface area contributed by atoms with Crippen molar-refractivity contribution in [1.82, 2.24) is 18.9 Å². The van der Waals surface area contributed by atoms with Gasteiger partial charge in [-0.3, -0.25) is 4.40 Å². The molecule has 0 aliphatic carbocycles. The Hall–Kier alpha value is -2.01. The van der Waals surface area contributed by atoms with Crippen LogP contribution in [-0.4, -0.2) is 38.5 Å². The topological polar surface area (TPSA) is 25.5 Å². The van der Waals surface area contributed by atoms with Gasteiger partial charge in [0.15, 0.2) is 0 Å². The van der Waals surface area contributed by atoms with Crippen molar-refractivity contribution in [2.45, 2.75) is 25.8 Å². The summed E-state index contributed by atoms with van der Waals surface area (Å²) in [5.74, 6) is 1.02. The number of halogens is 2. The molecule has 0 radical (unpaired) electrons. The van der Waals surface area contributed by atoms with Crippen LogP contribution in [0.4, 0.5) is 0 Å². The van der Waals surface area contributed by atoms with E-state index in [0.29, 0.717) is 0 Å². The van der Waals surface area contributed by atoms with Gasteiger partial charge in [0.05, 0.1) is 16.7 Å². The van der Waals surface area contributed by atoms with Crippen molar-refractivity contribution >= 4 is 40.8 Å². The van der Waals surface area contributed by atoms with E-state index in [4.69, 9.17) is 16.6 Å². The van der Waals surface area contributed by atoms with Crippen LogP contribution in [0.25, 0.3) is 28.1 Å². The Morgan fingerprint density at radius 1 is 0.929 bits per heavy atom. The Kier molecular flexibility index (Phi) is 5.63. The highest BCUT2D eigenvalue weighted by molar-refractivity contribution is 6.30. The average molecular weight is 415 g/mol. The molecule has 6 heteroatoms. The summed E-state index contributed by atoms with van der Waals surface area (Å²) in [6.07, 6.45) is 6.03. The summed E-state index contributed by atoms with van der Waals surface area (Å²) in [6.45, 7) is 4.62. The van der Waals surface area contributed by atoms with E-state index in [1.54, 1.807) is 0 Å². The first-order valence-corrected chi connectivity index (χ1v) is 10.1. The van der Waals surface area contributed by atoms with Crippen molar-refractivity contribution < 1.29 is 0 Å². The van der Waals surface area contributed by atoms with Gasteiger partial charge in [-0.2, -0.15) is 0 Å². The second-order valence-corrected chi connectivity index (χ2v) is 7.78. The van der Waals surface area contributed by atoms with E-state index >= 15 is 0 Å².